The van der Waals surface area contributed by atoms with E-state index in [1.54, 1.807) is 0 Å². The van der Waals surface area contributed by atoms with Gasteiger partial charge in [-0.05, 0) is 45.9 Å². The third kappa shape index (κ3) is 2.97. The maximum absolute atomic E-state index is 14.3. The minimum Gasteiger partial charge on any atom is -0.309 e. The Balaban J connectivity index is 1.35. The molecule has 0 saturated carbocycles. The highest BCUT2D eigenvalue weighted by Gasteiger charge is 2.43. The van der Waals surface area contributed by atoms with Gasteiger partial charge in [0.05, 0.1) is 11.0 Å². The van der Waals surface area contributed by atoms with Gasteiger partial charge in [-0.25, -0.2) is 0 Å². The van der Waals surface area contributed by atoms with Gasteiger partial charge in [0, 0.05) is 44.1 Å². The van der Waals surface area contributed by atoms with Crippen molar-refractivity contribution in [3.8, 4) is 16.8 Å². The Hall–Kier alpha value is -5.48. The van der Waals surface area contributed by atoms with Gasteiger partial charge in [-0.2, -0.15) is 0 Å². The van der Waals surface area contributed by atoms with Crippen LogP contribution in [0.4, 0.5) is 0 Å². The van der Waals surface area contributed by atoms with E-state index in [9.17, 15) is 9.59 Å². The molecule has 4 heteroatoms. The van der Waals surface area contributed by atoms with Crippen LogP contribution in [0.15, 0.2) is 121 Å². The number of hydrogen-bond acceptors (Lipinski definition) is 2. The zero-order valence-electron chi connectivity index (χ0n) is 24.9. The van der Waals surface area contributed by atoms with Crippen molar-refractivity contribution in [2.45, 2.75) is 19.3 Å². The molecule has 0 spiro atoms. The third-order valence-corrected chi connectivity index (χ3v) is 10.6. The molecule has 1 aromatic heterocycles. The van der Waals surface area contributed by atoms with Crippen LogP contribution in [0.3, 0.4) is 0 Å². The van der Waals surface area contributed by atoms with Crippen molar-refractivity contribution >= 4 is 56.5 Å². The van der Waals surface area contributed by atoms with Gasteiger partial charge >= 0.3 is 0 Å². The average Bonchev–Trinajstić information content (AvgIpc) is 3.53. The molecule has 210 valence electrons. The van der Waals surface area contributed by atoms with Crippen LogP contribution in [0.2, 0.25) is 0 Å². The van der Waals surface area contributed by atoms with Crippen LogP contribution >= 0.6 is 0 Å². The second-order valence-corrected chi connectivity index (χ2v) is 13.1. The zero-order chi connectivity index (χ0) is 30.2. The highest BCUT2D eigenvalue weighted by Crippen LogP contribution is 2.53. The largest absolute Gasteiger partial charge is 0.309 e. The molecule has 6 aromatic carbocycles. The van der Waals surface area contributed by atoms with Crippen molar-refractivity contribution in [1.29, 1.82) is 0 Å². The number of benzene rings is 6. The smallest absolute Gasteiger partial charge is 0.245 e. The lowest BCUT2D eigenvalue weighted by molar-refractivity contribution is 0.103. The number of aromatic nitrogens is 1. The molecule has 10 rings (SSSR count). The van der Waals surface area contributed by atoms with Gasteiger partial charge in [0.1, 0.15) is 0 Å². The van der Waals surface area contributed by atoms with Crippen LogP contribution in [0.1, 0.15) is 56.8 Å². The van der Waals surface area contributed by atoms with Crippen LogP contribution < -0.4 is 16.4 Å². The minimum absolute atomic E-state index is 0.0223. The van der Waals surface area contributed by atoms with E-state index in [4.69, 9.17) is 0 Å². The second-order valence-electron chi connectivity index (χ2n) is 13.1. The van der Waals surface area contributed by atoms with Gasteiger partial charge in [0.25, 0.3) is 0 Å². The first-order valence-corrected chi connectivity index (χ1v) is 15.6. The summed E-state index contributed by atoms with van der Waals surface area (Å²) >= 11 is 0. The monoisotopic (exact) mass is 575 g/mol. The summed E-state index contributed by atoms with van der Waals surface area (Å²) in [6.45, 7) is 4.45. The number of rotatable bonds is 1. The first-order valence-electron chi connectivity index (χ1n) is 15.6. The Bertz CT molecular complexity index is 2440. The van der Waals surface area contributed by atoms with E-state index in [1.807, 2.05) is 60.7 Å². The fraction of sp³-hybridized carbons (Fsp3) is 0.0732. The molecular formula is C41H26BNO2. The summed E-state index contributed by atoms with van der Waals surface area (Å²) in [5.74, 6) is -0.0447. The summed E-state index contributed by atoms with van der Waals surface area (Å²) in [6, 6.07) is 41.6. The third-order valence-electron chi connectivity index (χ3n) is 10.6. The fourth-order valence-corrected chi connectivity index (χ4v) is 8.71. The molecule has 1 aliphatic carbocycles. The minimum atomic E-state index is -0.241. The van der Waals surface area contributed by atoms with Crippen LogP contribution in [0, 0.1) is 0 Å². The SMILES string of the molecule is CC1(C)c2ccccc2-c2ccc3c4ccccc4n(-c4cc5c6c(c4)C(=O)c4ccccc4B6c4ccccc4C5=O)c3c21. The number of nitrogens with zero attached hydrogens (tertiary/aromatic N) is 1. The molecule has 45 heavy (non-hydrogen) atoms. The number of carbonyl (C=O) groups is 2. The lowest BCUT2D eigenvalue weighted by Crippen LogP contribution is -2.63. The lowest BCUT2D eigenvalue weighted by Gasteiger charge is -2.33. The highest BCUT2D eigenvalue weighted by molar-refractivity contribution is 7.00. The number of hydrogen-bond donors (Lipinski definition) is 0. The fourth-order valence-electron chi connectivity index (χ4n) is 8.71. The number of carbonyl (C=O) groups excluding carboxylic acids is 2. The predicted molar refractivity (Wildman–Crippen MR) is 183 cm³/mol. The lowest BCUT2D eigenvalue weighted by atomic mass is 9.30. The first kappa shape index (κ1) is 24.9. The molecule has 0 fully saturated rings. The molecule has 0 amide bonds. The molecule has 0 bridgehead atoms. The summed E-state index contributed by atoms with van der Waals surface area (Å²) in [7, 11) is 0. The normalized spacial score (nSPS) is 15.1. The Morgan fingerprint density at radius 1 is 0.556 bits per heavy atom. The molecule has 2 aliphatic heterocycles. The van der Waals surface area contributed by atoms with E-state index in [1.165, 1.54) is 27.6 Å². The standard InChI is InChI=1S/C41H26BNO2/c1-41(2)32-15-7-3-11-24(32)26-19-20-27-25-12-6-10-18-35(25)43(38(27)36(26)41)23-21-30-37-31(22-23)40(45)29-14-5-9-17-34(29)42(37)33-16-8-4-13-28(33)39(30)44/h3-22H,1-2H3. The Morgan fingerprint density at radius 3 is 1.82 bits per heavy atom. The van der Waals surface area contributed by atoms with Crippen molar-refractivity contribution in [1.82, 2.24) is 4.57 Å². The van der Waals surface area contributed by atoms with Crippen LogP contribution in [-0.2, 0) is 5.41 Å². The van der Waals surface area contributed by atoms with E-state index >= 15 is 0 Å². The van der Waals surface area contributed by atoms with Crippen molar-refractivity contribution < 1.29 is 9.59 Å². The van der Waals surface area contributed by atoms with Gasteiger partial charge in [0.15, 0.2) is 11.6 Å². The van der Waals surface area contributed by atoms with Gasteiger partial charge in [-0.15, -0.1) is 0 Å². The second kappa shape index (κ2) is 8.37. The summed E-state index contributed by atoms with van der Waals surface area (Å²) in [4.78, 5) is 28.7. The Morgan fingerprint density at radius 2 is 1.13 bits per heavy atom. The maximum Gasteiger partial charge on any atom is 0.245 e. The average molecular weight is 575 g/mol. The number of para-hydroxylation sites is 1. The van der Waals surface area contributed by atoms with E-state index in [-0.39, 0.29) is 23.7 Å². The van der Waals surface area contributed by atoms with Gasteiger partial charge in [-0.3, -0.25) is 9.59 Å². The van der Waals surface area contributed by atoms with Crippen molar-refractivity contribution in [2.75, 3.05) is 0 Å². The molecule has 3 aliphatic rings. The van der Waals surface area contributed by atoms with Crippen molar-refractivity contribution in [3.05, 3.63) is 155 Å². The molecular weight excluding hydrogens is 549 g/mol. The van der Waals surface area contributed by atoms with Gasteiger partial charge < -0.3 is 4.57 Å². The van der Waals surface area contributed by atoms with E-state index in [0.717, 1.165) is 38.5 Å². The molecule has 0 unspecified atom stereocenters. The van der Waals surface area contributed by atoms with Gasteiger partial charge in [0.2, 0.25) is 6.71 Å². The highest BCUT2D eigenvalue weighted by atomic mass is 16.1. The topological polar surface area (TPSA) is 39.1 Å². The molecule has 0 radical (unpaired) electrons. The summed E-state index contributed by atoms with van der Waals surface area (Å²) in [6.07, 6.45) is 0. The predicted octanol–water partition coefficient (Wildman–Crippen LogP) is 6.70. The maximum atomic E-state index is 14.3. The zero-order valence-corrected chi connectivity index (χ0v) is 24.9. The summed E-state index contributed by atoms with van der Waals surface area (Å²) in [5, 5.41) is 2.32. The molecule has 0 atom stereocenters. The van der Waals surface area contributed by atoms with Crippen LogP contribution in [-0.4, -0.2) is 22.8 Å². The summed E-state index contributed by atoms with van der Waals surface area (Å²) in [5.41, 5.74) is 13.3. The van der Waals surface area contributed by atoms with E-state index in [0.29, 0.717) is 22.3 Å². The quantitative estimate of drug-likeness (QED) is 0.205. The number of fused-ring (bicyclic) bond motifs is 11. The van der Waals surface area contributed by atoms with E-state index < -0.39 is 0 Å². The van der Waals surface area contributed by atoms with Crippen LogP contribution in [0.25, 0.3) is 38.6 Å². The summed E-state index contributed by atoms with van der Waals surface area (Å²) < 4.78 is 2.31. The number of ketones is 2. The Kier molecular flexibility index (Phi) is 4.63. The van der Waals surface area contributed by atoms with Crippen molar-refractivity contribution in [3.63, 3.8) is 0 Å². The first-order chi connectivity index (χ1) is 21.9. The van der Waals surface area contributed by atoms with E-state index in [2.05, 4.69) is 79.1 Å². The molecule has 3 nitrogen and oxygen atoms in total. The van der Waals surface area contributed by atoms with Gasteiger partial charge in [-0.1, -0.05) is 128 Å². The molecule has 7 aromatic rings. The Labute approximate surface area is 260 Å². The molecule has 0 N–H and O–H groups in total. The van der Waals surface area contributed by atoms with Crippen molar-refractivity contribution in [2.24, 2.45) is 0 Å². The molecule has 0 saturated heterocycles. The van der Waals surface area contributed by atoms with Crippen LogP contribution in [0.5, 0.6) is 0 Å². The molecule has 3 heterocycles.